The fourth-order valence-electron chi connectivity index (χ4n) is 1.40. The van der Waals surface area contributed by atoms with Gasteiger partial charge >= 0.3 is 12.1 Å². The van der Waals surface area contributed by atoms with Crippen LogP contribution in [0, 0.1) is 0 Å². The van der Waals surface area contributed by atoms with Crippen LogP contribution in [0.1, 0.15) is 10.4 Å². The zero-order valence-corrected chi connectivity index (χ0v) is 13.7. The molecule has 1 aromatic carbocycles. The molecule has 24 heavy (non-hydrogen) atoms. The van der Waals surface area contributed by atoms with Crippen LogP contribution in [-0.2, 0) is 19.6 Å². The Balaban J connectivity index is 2.78. The fourth-order valence-corrected chi connectivity index (χ4v) is 2.36. The molecular formula is C12H12ClF3N2O5S. The van der Waals surface area contributed by atoms with Gasteiger partial charge in [-0.1, -0.05) is 11.6 Å². The van der Waals surface area contributed by atoms with Gasteiger partial charge in [-0.2, -0.15) is 13.2 Å². The highest BCUT2D eigenvalue weighted by Gasteiger charge is 2.28. The first kappa shape index (κ1) is 20.2. The number of nitrogens with one attached hydrogen (secondary N) is 2. The Labute approximate surface area is 140 Å². The Morgan fingerprint density at radius 2 is 1.92 bits per heavy atom. The van der Waals surface area contributed by atoms with Crippen LogP contribution in [0.15, 0.2) is 23.1 Å². The van der Waals surface area contributed by atoms with Crippen LogP contribution < -0.4 is 10.0 Å². The molecule has 0 saturated heterocycles. The molecule has 0 unspecified atom stereocenters. The fraction of sp³-hybridized carbons (Fsp3) is 0.333. The third kappa shape index (κ3) is 5.98. The van der Waals surface area contributed by atoms with E-state index < -0.39 is 41.2 Å². The minimum absolute atomic E-state index is 0.147. The van der Waals surface area contributed by atoms with Gasteiger partial charge in [-0.25, -0.2) is 17.9 Å². The quantitative estimate of drug-likeness (QED) is 0.710. The monoisotopic (exact) mass is 388 g/mol. The number of rotatable bonds is 6. The number of carbonyl (C=O) groups is 2. The lowest BCUT2D eigenvalue weighted by molar-refractivity contribution is -0.140. The predicted molar refractivity (Wildman–Crippen MR) is 77.0 cm³/mol. The average Bonchev–Trinajstić information content (AvgIpc) is 2.50. The zero-order chi connectivity index (χ0) is 18.5. The summed E-state index contributed by atoms with van der Waals surface area (Å²) in [6.07, 6.45) is -4.60. The van der Waals surface area contributed by atoms with Crippen LogP contribution in [0.25, 0.3) is 0 Å². The lowest BCUT2D eigenvalue weighted by Gasteiger charge is -2.10. The molecule has 0 aliphatic rings. The molecule has 1 aromatic rings. The van der Waals surface area contributed by atoms with E-state index in [1.54, 1.807) is 0 Å². The van der Waals surface area contributed by atoms with Gasteiger partial charge in [0.25, 0.3) is 5.91 Å². The number of hydrogen-bond donors (Lipinski definition) is 2. The lowest BCUT2D eigenvalue weighted by Crippen LogP contribution is -2.36. The van der Waals surface area contributed by atoms with E-state index in [0.717, 1.165) is 25.2 Å². The van der Waals surface area contributed by atoms with Crippen molar-refractivity contribution in [3.63, 3.8) is 0 Å². The molecule has 0 heterocycles. The second-order valence-corrected chi connectivity index (χ2v) is 6.61. The minimum Gasteiger partial charge on any atom is -0.452 e. The second-order valence-electron chi connectivity index (χ2n) is 4.32. The number of carbonyl (C=O) groups excluding carboxylic acids is 2. The largest absolute Gasteiger partial charge is 0.452 e. The van der Waals surface area contributed by atoms with Crippen LogP contribution >= 0.6 is 11.6 Å². The molecule has 0 aliphatic carbocycles. The molecule has 0 atom stereocenters. The third-order valence-corrected chi connectivity index (χ3v) is 4.30. The summed E-state index contributed by atoms with van der Waals surface area (Å²) in [5.41, 5.74) is -0.350. The van der Waals surface area contributed by atoms with E-state index >= 15 is 0 Å². The molecule has 0 radical (unpaired) electrons. The first-order valence-corrected chi connectivity index (χ1v) is 8.06. The molecule has 134 valence electrons. The Hall–Kier alpha value is -1.85. The van der Waals surface area contributed by atoms with E-state index in [-0.39, 0.29) is 15.5 Å². The number of ether oxygens (including phenoxy) is 1. The molecule has 0 fully saturated rings. The van der Waals surface area contributed by atoms with Crippen molar-refractivity contribution in [2.24, 2.45) is 0 Å². The highest BCUT2D eigenvalue weighted by Crippen LogP contribution is 2.21. The third-order valence-electron chi connectivity index (χ3n) is 2.56. The van der Waals surface area contributed by atoms with Crippen LogP contribution in [-0.4, -0.2) is 46.7 Å². The summed E-state index contributed by atoms with van der Waals surface area (Å²) >= 11 is 5.76. The number of sulfonamides is 1. The maximum absolute atomic E-state index is 11.9. The summed E-state index contributed by atoms with van der Waals surface area (Å²) in [5, 5.41) is 1.36. The van der Waals surface area contributed by atoms with Gasteiger partial charge < -0.3 is 10.1 Å². The standard InChI is InChI=1S/C12H12ClF3N2O5S/c1-17-24(21,22)7-2-3-9(13)8(4-7)11(20)23-5-10(19)18-6-12(14,15)16/h2-4,17H,5-6H2,1H3,(H,18,19). The van der Waals surface area contributed by atoms with Crippen molar-refractivity contribution < 1.29 is 35.9 Å². The van der Waals surface area contributed by atoms with E-state index in [0.29, 0.717) is 0 Å². The number of hydrogen-bond acceptors (Lipinski definition) is 5. The summed E-state index contributed by atoms with van der Waals surface area (Å²) in [7, 11) is -2.69. The molecule has 0 aliphatic heterocycles. The normalized spacial score (nSPS) is 11.9. The van der Waals surface area contributed by atoms with Crippen LogP contribution in [0.3, 0.4) is 0 Å². The summed E-state index contributed by atoms with van der Waals surface area (Å²) in [4.78, 5) is 22.7. The van der Waals surface area contributed by atoms with Crippen LogP contribution in [0.4, 0.5) is 13.2 Å². The molecule has 0 bridgehead atoms. The summed E-state index contributed by atoms with van der Waals surface area (Å²) in [6.45, 7) is -2.55. The maximum Gasteiger partial charge on any atom is 0.405 e. The van der Waals surface area contributed by atoms with Crippen molar-refractivity contribution in [1.82, 2.24) is 10.0 Å². The summed E-state index contributed by atoms with van der Waals surface area (Å²) in [5.74, 6) is -2.33. The topological polar surface area (TPSA) is 102 Å². The van der Waals surface area contributed by atoms with Crippen molar-refractivity contribution in [2.75, 3.05) is 20.2 Å². The Morgan fingerprint density at radius 3 is 2.46 bits per heavy atom. The summed E-state index contributed by atoms with van der Waals surface area (Å²) < 4.78 is 65.6. The van der Waals surface area contributed by atoms with Gasteiger partial charge in [0.05, 0.1) is 15.5 Å². The van der Waals surface area contributed by atoms with E-state index in [2.05, 4.69) is 4.74 Å². The van der Waals surface area contributed by atoms with Gasteiger partial charge in [0.15, 0.2) is 6.61 Å². The van der Waals surface area contributed by atoms with Crippen molar-refractivity contribution >= 4 is 33.5 Å². The number of amides is 1. The number of halogens is 4. The van der Waals surface area contributed by atoms with Crippen LogP contribution in [0.2, 0.25) is 5.02 Å². The van der Waals surface area contributed by atoms with Crippen molar-refractivity contribution in [2.45, 2.75) is 11.1 Å². The minimum atomic E-state index is -4.60. The van der Waals surface area contributed by atoms with Gasteiger partial charge in [0, 0.05) is 0 Å². The van der Waals surface area contributed by atoms with E-state index in [9.17, 15) is 31.2 Å². The number of esters is 1. The van der Waals surface area contributed by atoms with Gasteiger partial charge in [-0.3, -0.25) is 4.79 Å². The van der Waals surface area contributed by atoms with Gasteiger partial charge in [-0.05, 0) is 25.2 Å². The van der Waals surface area contributed by atoms with E-state index in [4.69, 9.17) is 11.6 Å². The van der Waals surface area contributed by atoms with Crippen molar-refractivity contribution in [1.29, 1.82) is 0 Å². The Bertz CT molecular complexity index is 737. The average molecular weight is 389 g/mol. The second kappa shape index (κ2) is 7.81. The lowest BCUT2D eigenvalue weighted by atomic mass is 10.2. The van der Waals surface area contributed by atoms with Gasteiger partial charge in [-0.15, -0.1) is 0 Å². The molecule has 0 spiro atoms. The highest BCUT2D eigenvalue weighted by atomic mass is 35.5. The molecule has 0 aromatic heterocycles. The molecular weight excluding hydrogens is 377 g/mol. The summed E-state index contributed by atoms with van der Waals surface area (Å²) in [6, 6.07) is 3.19. The Morgan fingerprint density at radius 1 is 1.29 bits per heavy atom. The first-order valence-electron chi connectivity index (χ1n) is 6.20. The van der Waals surface area contributed by atoms with Gasteiger partial charge in [0.2, 0.25) is 10.0 Å². The van der Waals surface area contributed by atoms with Gasteiger partial charge in [0.1, 0.15) is 6.54 Å². The van der Waals surface area contributed by atoms with E-state index in [1.807, 2.05) is 4.72 Å². The molecule has 7 nitrogen and oxygen atoms in total. The number of alkyl halides is 3. The number of benzene rings is 1. The Kier molecular flexibility index (Phi) is 6.58. The molecule has 2 N–H and O–H groups in total. The zero-order valence-electron chi connectivity index (χ0n) is 12.1. The van der Waals surface area contributed by atoms with Crippen molar-refractivity contribution in [3.8, 4) is 0 Å². The predicted octanol–water partition coefficient (Wildman–Crippen LogP) is 1.08. The van der Waals surface area contributed by atoms with Crippen LogP contribution in [0.5, 0.6) is 0 Å². The SMILES string of the molecule is CNS(=O)(=O)c1ccc(Cl)c(C(=O)OCC(=O)NCC(F)(F)F)c1. The molecule has 1 rings (SSSR count). The highest BCUT2D eigenvalue weighted by molar-refractivity contribution is 7.89. The smallest absolute Gasteiger partial charge is 0.405 e. The van der Waals surface area contributed by atoms with Crippen molar-refractivity contribution in [3.05, 3.63) is 28.8 Å². The first-order chi connectivity index (χ1) is 11.0. The molecule has 12 heteroatoms. The van der Waals surface area contributed by atoms with E-state index in [1.165, 1.54) is 5.32 Å². The maximum atomic E-state index is 11.9. The molecule has 0 saturated carbocycles. The molecule has 1 amide bonds.